The van der Waals surface area contributed by atoms with Crippen molar-refractivity contribution in [1.82, 2.24) is 30.6 Å². The maximum Gasteiger partial charge on any atom is 0.241 e. The predicted molar refractivity (Wildman–Crippen MR) is 110 cm³/mol. The number of nitrogens with one attached hydrogen (secondary N) is 3. The van der Waals surface area contributed by atoms with E-state index in [1.165, 1.54) is 4.88 Å². The van der Waals surface area contributed by atoms with E-state index in [-0.39, 0.29) is 18.0 Å². The first kappa shape index (κ1) is 17.8. The van der Waals surface area contributed by atoms with E-state index in [1.54, 1.807) is 11.3 Å². The monoisotopic (exact) mass is 396 g/mol. The molecule has 146 valence electrons. The smallest absolute Gasteiger partial charge is 0.241 e. The van der Waals surface area contributed by atoms with Crippen molar-refractivity contribution in [3.63, 3.8) is 0 Å². The number of amides is 1. The standard InChI is InChI=1S/C20H24N6OS/c27-20(17-12-16(23-24-17)18-6-3-11-28-18)26-9-7-25(8-10-26)13-19-21-14-4-1-2-5-15(14)22-19/h1-6,11,16-17,23-24H,7-10,12-13H2,(H,21,22). The molecule has 0 radical (unpaired) electrons. The van der Waals surface area contributed by atoms with Crippen LogP contribution in [0.5, 0.6) is 0 Å². The minimum Gasteiger partial charge on any atom is -0.341 e. The molecule has 2 aliphatic heterocycles. The Morgan fingerprint density at radius 3 is 2.75 bits per heavy atom. The number of thiophene rings is 1. The number of aromatic amines is 1. The molecule has 0 bridgehead atoms. The molecule has 0 spiro atoms. The van der Waals surface area contributed by atoms with Crippen LogP contribution in [-0.2, 0) is 11.3 Å². The maximum absolute atomic E-state index is 12.9. The molecule has 28 heavy (non-hydrogen) atoms. The zero-order chi connectivity index (χ0) is 18.9. The molecule has 3 aromatic rings. The number of imidazole rings is 1. The Morgan fingerprint density at radius 1 is 1.11 bits per heavy atom. The number of benzene rings is 1. The highest BCUT2D eigenvalue weighted by Crippen LogP contribution is 2.26. The van der Waals surface area contributed by atoms with Gasteiger partial charge in [-0.3, -0.25) is 9.69 Å². The molecular formula is C20H24N6OS. The summed E-state index contributed by atoms with van der Waals surface area (Å²) < 4.78 is 0. The summed E-state index contributed by atoms with van der Waals surface area (Å²) in [5.74, 6) is 1.19. The molecule has 5 rings (SSSR count). The number of hydrazine groups is 1. The fourth-order valence-electron chi connectivity index (χ4n) is 4.03. The lowest BCUT2D eigenvalue weighted by Gasteiger charge is -2.35. The van der Waals surface area contributed by atoms with Gasteiger partial charge in [-0.15, -0.1) is 11.3 Å². The fraction of sp³-hybridized carbons (Fsp3) is 0.400. The number of para-hydroxylation sites is 2. The molecule has 2 aliphatic rings. The highest BCUT2D eigenvalue weighted by atomic mass is 32.1. The topological polar surface area (TPSA) is 76.3 Å². The minimum absolute atomic E-state index is 0.144. The third-order valence-electron chi connectivity index (χ3n) is 5.58. The van der Waals surface area contributed by atoms with Gasteiger partial charge in [0, 0.05) is 31.1 Å². The number of piperazine rings is 1. The summed E-state index contributed by atoms with van der Waals surface area (Å²) in [6.07, 6.45) is 0.804. The molecule has 0 saturated carbocycles. The summed E-state index contributed by atoms with van der Waals surface area (Å²) in [7, 11) is 0. The lowest BCUT2D eigenvalue weighted by atomic mass is 10.1. The second-order valence-electron chi connectivity index (χ2n) is 7.45. The molecule has 2 atom stereocenters. The quantitative estimate of drug-likeness (QED) is 0.628. The Morgan fingerprint density at radius 2 is 1.96 bits per heavy atom. The Balaban J connectivity index is 1.14. The van der Waals surface area contributed by atoms with Crippen molar-refractivity contribution in [1.29, 1.82) is 0 Å². The highest BCUT2D eigenvalue weighted by molar-refractivity contribution is 7.10. The lowest BCUT2D eigenvalue weighted by Crippen LogP contribution is -2.53. The van der Waals surface area contributed by atoms with Crippen LogP contribution >= 0.6 is 11.3 Å². The van der Waals surface area contributed by atoms with Crippen LogP contribution in [0.1, 0.15) is 23.2 Å². The van der Waals surface area contributed by atoms with Crippen molar-refractivity contribution < 1.29 is 4.79 Å². The van der Waals surface area contributed by atoms with E-state index in [9.17, 15) is 4.79 Å². The summed E-state index contributed by atoms with van der Waals surface area (Å²) >= 11 is 1.73. The lowest BCUT2D eigenvalue weighted by molar-refractivity contribution is -0.135. The molecule has 7 nitrogen and oxygen atoms in total. The molecule has 2 aromatic heterocycles. The van der Waals surface area contributed by atoms with Gasteiger partial charge in [-0.1, -0.05) is 18.2 Å². The second kappa shape index (κ2) is 7.63. The van der Waals surface area contributed by atoms with Gasteiger partial charge in [0.2, 0.25) is 5.91 Å². The Labute approximate surface area is 167 Å². The molecule has 1 aromatic carbocycles. The number of fused-ring (bicyclic) bond motifs is 1. The van der Waals surface area contributed by atoms with E-state index < -0.39 is 0 Å². The van der Waals surface area contributed by atoms with Gasteiger partial charge in [-0.2, -0.15) is 0 Å². The third kappa shape index (κ3) is 3.56. The second-order valence-corrected chi connectivity index (χ2v) is 8.43. The highest BCUT2D eigenvalue weighted by Gasteiger charge is 2.34. The number of hydrogen-bond acceptors (Lipinski definition) is 6. The largest absolute Gasteiger partial charge is 0.341 e. The van der Waals surface area contributed by atoms with Crippen LogP contribution in [0.4, 0.5) is 0 Å². The van der Waals surface area contributed by atoms with Crippen molar-refractivity contribution >= 4 is 28.3 Å². The maximum atomic E-state index is 12.9. The number of H-pyrrole nitrogens is 1. The molecule has 0 aliphatic carbocycles. The summed E-state index contributed by atoms with van der Waals surface area (Å²) in [5.41, 5.74) is 8.55. The average Bonchev–Trinajstić information content (AvgIpc) is 3.47. The van der Waals surface area contributed by atoms with Crippen molar-refractivity contribution in [2.75, 3.05) is 26.2 Å². The molecule has 2 saturated heterocycles. The van der Waals surface area contributed by atoms with E-state index in [1.807, 2.05) is 23.1 Å². The van der Waals surface area contributed by atoms with Gasteiger partial charge in [0.05, 0.1) is 23.6 Å². The molecule has 3 N–H and O–H groups in total. The number of hydrogen-bond donors (Lipinski definition) is 3. The van der Waals surface area contributed by atoms with Gasteiger partial charge in [-0.25, -0.2) is 15.8 Å². The number of nitrogens with zero attached hydrogens (tertiary/aromatic N) is 3. The van der Waals surface area contributed by atoms with Gasteiger partial charge in [0.25, 0.3) is 0 Å². The van der Waals surface area contributed by atoms with Crippen LogP contribution < -0.4 is 10.9 Å². The first-order valence-corrected chi connectivity index (χ1v) is 10.6. The summed E-state index contributed by atoms with van der Waals surface area (Å²) in [6.45, 7) is 4.07. The van der Waals surface area contributed by atoms with E-state index in [0.717, 1.165) is 56.0 Å². The Kier molecular flexibility index (Phi) is 4.86. The van der Waals surface area contributed by atoms with Crippen molar-refractivity contribution in [2.24, 2.45) is 0 Å². The molecule has 4 heterocycles. The Bertz CT molecular complexity index is 914. The van der Waals surface area contributed by atoms with Crippen molar-refractivity contribution in [3.05, 3.63) is 52.5 Å². The van der Waals surface area contributed by atoms with Crippen LogP contribution in [0, 0.1) is 0 Å². The molecule has 2 unspecified atom stereocenters. The number of carbonyl (C=O) groups excluding carboxylic acids is 1. The molecular weight excluding hydrogens is 372 g/mol. The SMILES string of the molecule is O=C(C1CC(c2cccs2)NN1)N1CCN(Cc2nc3ccccc3[nH]2)CC1. The minimum atomic E-state index is -0.144. The summed E-state index contributed by atoms with van der Waals surface area (Å²) in [4.78, 5) is 26.6. The fourth-order valence-corrected chi connectivity index (χ4v) is 4.82. The molecule has 1 amide bonds. The number of carbonyl (C=O) groups is 1. The first-order chi connectivity index (χ1) is 13.8. The van der Waals surface area contributed by atoms with Crippen LogP contribution in [0.15, 0.2) is 41.8 Å². The first-order valence-electron chi connectivity index (χ1n) is 9.75. The number of rotatable bonds is 4. The van der Waals surface area contributed by atoms with Crippen molar-refractivity contribution in [3.8, 4) is 0 Å². The zero-order valence-corrected chi connectivity index (χ0v) is 16.4. The Hall–Kier alpha value is -2.26. The summed E-state index contributed by atoms with van der Waals surface area (Å²) in [5, 5.41) is 2.08. The van der Waals surface area contributed by atoms with E-state index in [2.05, 4.69) is 49.3 Å². The van der Waals surface area contributed by atoms with Crippen LogP contribution in [0.3, 0.4) is 0 Å². The van der Waals surface area contributed by atoms with Crippen molar-refractivity contribution in [2.45, 2.75) is 25.0 Å². The van der Waals surface area contributed by atoms with E-state index >= 15 is 0 Å². The number of aromatic nitrogens is 2. The van der Waals surface area contributed by atoms with Gasteiger partial charge in [0.1, 0.15) is 11.9 Å². The van der Waals surface area contributed by atoms with Crippen LogP contribution in [0.2, 0.25) is 0 Å². The van der Waals surface area contributed by atoms with E-state index in [0.29, 0.717) is 0 Å². The normalized spacial score (nSPS) is 23.5. The van der Waals surface area contributed by atoms with Gasteiger partial charge in [0.15, 0.2) is 0 Å². The van der Waals surface area contributed by atoms with Gasteiger partial charge in [-0.05, 0) is 30.0 Å². The molecule has 2 fully saturated rings. The summed E-state index contributed by atoms with van der Waals surface area (Å²) in [6, 6.07) is 12.4. The third-order valence-corrected chi connectivity index (χ3v) is 6.57. The van der Waals surface area contributed by atoms with Crippen LogP contribution in [-0.4, -0.2) is 57.9 Å². The van der Waals surface area contributed by atoms with Gasteiger partial charge < -0.3 is 9.88 Å². The molecule has 8 heteroatoms. The van der Waals surface area contributed by atoms with Gasteiger partial charge >= 0.3 is 0 Å². The average molecular weight is 397 g/mol. The zero-order valence-electron chi connectivity index (χ0n) is 15.6. The van der Waals surface area contributed by atoms with Crippen LogP contribution in [0.25, 0.3) is 11.0 Å². The predicted octanol–water partition coefficient (Wildman–Crippen LogP) is 1.88. The van der Waals surface area contributed by atoms with E-state index in [4.69, 9.17) is 0 Å².